The van der Waals surface area contributed by atoms with Gasteiger partial charge in [0, 0.05) is 52.0 Å². The van der Waals surface area contributed by atoms with E-state index in [1.54, 1.807) is 7.05 Å². The minimum absolute atomic E-state index is 0. The Balaban J connectivity index is 0.00000288. The Labute approximate surface area is 166 Å². The first-order chi connectivity index (χ1) is 11.0. The molecule has 7 heteroatoms. The average molecular weight is 462 g/mol. The molecule has 0 unspecified atom stereocenters. The third-order valence-electron chi connectivity index (χ3n) is 3.86. The molecule has 0 aromatic carbocycles. The topological polar surface area (TPSA) is 45.5 Å². The Kier molecular flexibility index (Phi) is 8.55. The Morgan fingerprint density at radius 2 is 2.21 bits per heavy atom. The summed E-state index contributed by atoms with van der Waals surface area (Å²) in [7, 11) is 5.82. The van der Waals surface area contributed by atoms with Crippen LogP contribution in [0.5, 0.6) is 0 Å². The first-order valence-electron chi connectivity index (χ1n) is 7.63. The Morgan fingerprint density at radius 3 is 2.79 bits per heavy atom. The fraction of sp³-hybridized carbons (Fsp3) is 0.412. The molecular formula is C17H25ClIN5. The van der Waals surface area contributed by atoms with Crippen molar-refractivity contribution in [3.63, 3.8) is 0 Å². The molecule has 0 bridgehead atoms. The maximum Gasteiger partial charge on any atom is 0.193 e. The number of aromatic nitrogens is 2. The molecule has 0 aliphatic heterocycles. The summed E-state index contributed by atoms with van der Waals surface area (Å²) in [5, 5.41) is 4.16. The van der Waals surface area contributed by atoms with E-state index < -0.39 is 0 Å². The number of guanidine groups is 1. The van der Waals surface area contributed by atoms with E-state index in [0.29, 0.717) is 0 Å². The number of aliphatic imine (C=N–C) groups is 1. The van der Waals surface area contributed by atoms with Gasteiger partial charge in [0.05, 0.1) is 11.6 Å². The number of nitrogens with zero attached hydrogens (tertiary/aromatic N) is 4. The molecule has 5 nitrogen and oxygen atoms in total. The largest absolute Gasteiger partial charge is 0.356 e. The van der Waals surface area contributed by atoms with Crippen LogP contribution >= 0.6 is 35.6 Å². The van der Waals surface area contributed by atoms with Gasteiger partial charge >= 0.3 is 0 Å². The molecule has 24 heavy (non-hydrogen) atoms. The molecule has 0 amide bonds. The van der Waals surface area contributed by atoms with Crippen LogP contribution < -0.4 is 5.32 Å². The third-order valence-corrected chi connectivity index (χ3v) is 4.07. The number of pyridine rings is 1. The second-order valence-corrected chi connectivity index (χ2v) is 6.08. The minimum atomic E-state index is 0. The molecule has 2 aromatic rings. The van der Waals surface area contributed by atoms with Crippen LogP contribution in [0.25, 0.3) is 0 Å². The van der Waals surface area contributed by atoms with Gasteiger partial charge in [-0.2, -0.15) is 0 Å². The first kappa shape index (κ1) is 20.8. The van der Waals surface area contributed by atoms with Gasteiger partial charge in [0.15, 0.2) is 5.96 Å². The Morgan fingerprint density at radius 1 is 1.46 bits per heavy atom. The maximum absolute atomic E-state index is 6.04. The van der Waals surface area contributed by atoms with E-state index in [0.717, 1.165) is 36.2 Å². The zero-order valence-corrected chi connectivity index (χ0v) is 17.7. The highest BCUT2D eigenvalue weighted by Crippen LogP contribution is 2.14. The van der Waals surface area contributed by atoms with Crippen LogP contribution in [-0.4, -0.2) is 41.1 Å². The average Bonchev–Trinajstić information content (AvgIpc) is 2.83. The van der Waals surface area contributed by atoms with Crippen LogP contribution in [-0.2, 0) is 20.0 Å². The maximum atomic E-state index is 6.04. The number of rotatable bonds is 5. The minimum Gasteiger partial charge on any atom is -0.356 e. The number of aryl methyl sites for hydroxylation is 2. The van der Waals surface area contributed by atoms with Gasteiger partial charge in [-0.25, -0.2) is 0 Å². The van der Waals surface area contributed by atoms with Gasteiger partial charge in [-0.1, -0.05) is 11.6 Å². The molecule has 0 aliphatic rings. The molecule has 0 atom stereocenters. The van der Waals surface area contributed by atoms with E-state index in [1.807, 2.05) is 43.3 Å². The van der Waals surface area contributed by atoms with E-state index in [1.165, 1.54) is 11.1 Å². The summed E-state index contributed by atoms with van der Waals surface area (Å²) in [6.07, 6.45) is 6.59. The smallest absolute Gasteiger partial charge is 0.193 e. The van der Waals surface area contributed by atoms with Gasteiger partial charge < -0.3 is 14.8 Å². The van der Waals surface area contributed by atoms with Gasteiger partial charge in [0.1, 0.15) is 0 Å². The summed E-state index contributed by atoms with van der Waals surface area (Å²) in [5.41, 5.74) is 3.67. The third kappa shape index (κ3) is 5.66. The SMILES string of the molecule is CN=C(NCCc1ccncc1C)N(C)Cc1cc(Cl)cn1C.I. The molecule has 0 saturated heterocycles. The fourth-order valence-corrected chi connectivity index (χ4v) is 2.79. The van der Waals surface area contributed by atoms with Gasteiger partial charge in [0.2, 0.25) is 0 Å². The predicted molar refractivity (Wildman–Crippen MR) is 111 cm³/mol. The summed E-state index contributed by atoms with van der Waals surface area (Å²) >= 11 is 6.04. The molecule has 2 rings (SSSR count). The first-order valence-corrected chi connectivity index (χ1v) is 8.01. The standard InChI is InChI=1S/C17H24ClN5.HI/c1-13-10-20-7-5-14(13)6-8-21-17(19-2)23(4)12-16-9-15(18)11-22(16)3;/h5,7,9-11H,6,8,12H2,1-4H3,(H,19,21);1H. The molecule has 0 aliphatic carbocycles. The lowest BCUT2D eigenvalue weighted by Gasteiger charge is -2.22. The van der Waals surface area contributed by atoms with Crippen molar-refractivity contribution in [2.24, 2.45) is 12.0 Å². The zero-order chi connectivity index (χ0) is 16.8. The molecule has 2 aromatic heterocycles. The molecule has 0 saturated carbocycles. The van der Waals surface area contributed by atoms with Crippen LogP contribution in [0.15, 0.2) is 35.7 Å². The summed E-state index contributed by atoms with van der Waals surface area (Å²) in [6, 6.07) is 4.04. The molecule has 132 valence electrons. The van der Waals surface area contributed by atoms with Crippen LogP contribution in [0.1, 0.15) is 16.8 Å². The monoisotopic (exact) mass is 461 g/mol. The summed E-state index contributed by atoms with van der Waals surface area (Å²) in [5.74, 6) is 0.869. The van der Waals surface area contributed by atoms with Crippen LogP contribution in [0.2, 0.25) is 5.02 Å². The fourth-order valence-electron chi connectivity index (χ4n) is 2.52. The normalized spacial score (nSPS) is 11.1. The molecule has 0 spiro atoms. The second-order valence-electron chi connectivity index (χ2n) is 5.64. The van der Waals surface area contributed by atoms with E-state index >= 15 is 0 Å². The molecule has 0 fully saturated rings. The number of halogens is 2. The van der Waals surface area contributed by atoms with Crippen molar-refractivity contribution in [2.45, 2.75) is 19.9 Å². The van der Waals surface area contributed by atoms with Gasteiger partial charge in [-0.3, -0.25) is 9.98 Å². The molecule has 1 N–H and O–H groups in total. The zero-order valence-electron chi connectivity index (χ0n) is 14.6. The lowest BCUT2D eigenvalue weighted by Crippen LogP contribution is -2.39. The van der Waals surface area contributed by atoms with Gasteiger partial charge in [-0.15, -0.1) is 24.0 Å². The van der Waals surface area contributed by atoms with E-state index in [4.69, 9.17) is 11.6 Å². The van der Waals surface area contributed by atoms with Crippen molar-refractivity contribution in [2.75, 3.05) is 20.6 Å². The van der Waals surface area contributed by atoms with Crippen molar-refractivity contribution in [3.05, 3.63) is 52.6 Å². The van der Waals surface area contributed by atoms with Crippen molar-refractivity contribution in [1.29, 1.82) is 0 Å². The highest BCUT2D eigenvalue weighted by Gasteiger charge is 2.09. The number of hydrogen-bond acceptors (Lipinski definition) is 2. The highest BCUT2D eigenvalue weighted by atomic mass is 127. The highest BCUT2D eigenvalue weighted by molar-refractivity contribution is 14.0. The predicted octanol–water partition coefficient (Wildman–Crippen LogP) is 3.25. The van der Waals surface area contributed by atoms with E-state index in [9.17, 15) is 0 Å². The quantitative estimate of drug-likeness (QED) is 0.422. The number of hydrogen-bond donors (Lipinski definition) is 1. The molecule has 2 heterocycles. The van der Waals surface area contributed by atoms with Crippen molar-refractivity contribution in [1.82, 2.24) is 19.8 Å². The van der Waals surface area contributed by atoms with Crippen LogP contribution in [0, 0.1) is 6.92 Å². The lowest BCUT2D eigenvalue weighted by molar-refractivity contribution is 0.462. The summed E-state index contributed by atoms with van der Waals surface area (Å²) in [6.45, 7) is 3.66. The summed E-state index contributed by atoms with van der Waals surface area (Å²) in [4.78, 5) is 10.6. The van der Waals surface area contributed by atoms with Crippen molar-refractivity contribution < 1.29 is 0 Å². The Bertz CT molecular complexity index is 683. The summed E-state index contributed by atoms with van der Waals surface area (Å²) < 4.78 is 2.03. The van der Waals surface area contributed by atoms with Crippen molar-refractivity contribution >= 4 is 41.5 Å². The van der Waals surface area contributed by atoms with E-state index in [2.05, 4.69) is 33.2 Å². The molecular weight excluding hydrogens is 437 g/mol. The van der Waals surface area contributed by atoms with Gasteiger partial charge in [-0.05, 0) is 36.6 Å². The van der Waals surface area contributed by atoms with Gasteiger partial charge in [0.25, 0.3) is 0 Å². The van der Waals surface area contributed by atoms with E-state index in [-0.39, 0.29) is 24.0 Å². The van der Waals surface area contributed by atoms with Crippen molar-refractivity contribution in [3.8, 4) is 0 Å². The molecule has 0 radical (unpaired) electrons. The Hall–Kier alpha value is -1.28. The van der Waals surface area contributed by atoms with Crippen LogP contribution in [0.4, 0.5) is 0 Å². The number of nitrogens with one attached hydrogen (secondary N) is 1. The van der Waals surface area contributed by atoms with Crippen LogP contribution in [0.3, 0.4) is 0 Å². The lowest BCUT2D eigenvalue weighted by atomic mass is 10.1. The second kappa shape index (κ2) is 9.88.